The molecule has 2 atom stereocenters. The number of hydrogen-bond donors (Lipinski definition) is 3. The number of ether oxygens (including phenoxy) is 1. The van der Waals surface area contributed by atoms with Gasteiger partial charge in [-0.2, -0.15) is 0 Å². The van der Waals surface area contributed by atoms with Crippen LogP contribution in [0.5, 0.6) is 5.75 Å². The minimum atomic E-state index is -0.643. The summed E-state index contributed by atoms with van der Waals surface area (Å²) in [6.07, 6.45) is 0.864. The SMILES string of the molecule is NC(=O)N[C@H](CC(=O)NC[C@@H]1Cc2ccccc2O1)c1cccs1. The molecule has 3 amide bonds. The van der Waals surface area contributed by atoms with Crippen molar-refractivity contribution in [2.75, 3.05) is 6.54 Å². The van der Waals surface area contributed by atoms with Gasteiger partial charge in [0.2, 0.25) is 5.91 Å². The summed E-state index contributed by atoms with van der Waals surface area (Å²) in [4.78, 5) is 24.2. The molecule has 1 aromatic carbocycles. The van der Waals surface area contributed by atoms with Crippen molar-refractivity contribution in [1.29, 1.82) is 0 Å². The van der Waals surface area contributed by atoms with Crippen LogP contribution < -0.4 is 21.1 Å². The Bertz CT molecular complexity index is 693. The number of nitrogens with two attached hydrogens (primary N) is 1. The van der Waals surface area contributed by atoms with Crippen LogP contribution in [0.2, 0.25) is 0 Å². The van der Waals surface area contributed by atoms with E-state index in [1.165, 1.54) is 11.3 Å². The Morgan fingerprint density at radius 1 is 1.29 bits per heavy atom. The molecule has 0 unspecified atom stereocenters. The van der Waals surface area contributed by atoms with Crippen LogP contribution in [0.1, 0.15) is 22.9 Å². The van der Waals surface area contributed by atoms with Crippen molar-refractivity contribution in [2.45, 2.75) is 25.0 Å². The maximum absolute atomic E-state index is 12.2. The molecule has 7 heteroatoms. The molecule has 0 saturated heterocycles. The van der Waals surface area contributed by atoms with E-state index in [2.05, 4.69) is 10.6 Å². The maximum atomic E-state index is 12.2. The smallest absolute Gasteiger partial charge is 0.312 e. The van der Waals surface area contributed by atoms with E-state index in [9.17, 15) is 9.59 Å². The summed E-state index contributed by atoms with van der Waals surface area (Å²) in [5, 5.41) is 7.38. The highest BCUT2D eigenvalue weighted by molar-refractivity contribution is 7.10. The quantitative estimate of drug-likeness (QED) is 0.747. The van der Waals surface area contributed by atoms with Crippen molar-refractivity contribution >= 4 is 23.3 Å². The number of amides is 3. The van der Waals surface area contributed by atoms with E-state index in [0.717, 1.165) is 22.6 Å². The van der Waals surface area contributed by atoms with Gasteiger partial charge in [0.15, 0.2) is 0 Å². The largest absolute Gasteiger partial charge is 0.488 e. The number of rotatable bonds is 6. The zero-order valence-corrected chi connectivity index (χ0v) is 13.8. The number of carbonyl (C=O) groups is 2. The van der Waals surface area contributed by atoms with Crippen LogP contribution in [0.15, 0.2) is 41.8 Å². The summed E-state index contributed by atoms with van der Waals surface area (Å²) >= 11 is 1.48. The molecule has 24 heavy (non-hydrogen) atoms. The van der Waals surface area contributed by atoms with Crippen molar-refractivity contribution in [3.63, 3.8) is 0 Å². The fraction of sp³-hybridized carbons (Fsp3) is 0.294. The molecule has 1 aromatic heterocycles. The molecule has 126 valence electrons. The van der Waals surface area contributed by atoms with Gasteiger partial charge in [0, 0.05) is 11.3 Å². The first kappa shape index (κ1) is 16.3. The highest BCUT2D eigenvalue weighted by Gasteiger charge is 2.24. The van der Waals surface area contributed by atoms with E-state index in [1.807, 2.05) is 41.8 Å². The van der Waals surface area contributed by atoms with Gasteiger partial charge in [0.05, 0.1) is 19.0 Å². The van der Waals surface area contributed by atoms with E-state index in [0.29, 0.717) is 6.54 Å². The summed E-state index contributed by atoms with van der Waals surface area (Å²) in [6.45, 7) is 0.432. The molecule has 2 heterocycles. The lowest BCUT2D eigenvalue weighted by Crippen LogP contribution is -2.39. The molecule has 1 aliphatic rings. The van der Waals surface area contributed by atoms with Gasteiger partial charge in [0.25, 0.3) is 0 Å². The Balaban J connectivity index is 1.51. The molecule has 2 aromatic rings. The lowest BCUT2D eigenvalue weighted by Gasteiger charge is -2.17. The fourth-order valence-electron chi connectivity index (χ4n) is 2.74. The average Bonchev–Trinajstić information content (AvgIpc) is 3.21. The van der Waals surface area contributed by atoms with E-state index < -0.39 is 12.1 Å². The Hall–Kier alpha value is -2.54. The predicted molar refractivity (Wildman–Crippen MR) is 92.0 cm³/mol. The third-order valence-electron chi connectivity index (χ3n) is 3.83. The highest BCUT2D eigenvalue weighted by Crippen LogP contribution is 2.28. The molecule has 0 spiro atoms. The number of primary amides is 1. The average molecular weight is 345 g/mol. The molecular formula is C17H19N3O3S. The third kappa shape index (κ3) is 4.05. The van der Waals surface area contributed by atoms with Gasteiger partial charge in [-0.05, 0) is 23.1 Å². The van der Waals surface area contributed by atoms with E-state index in [-0.39, 0.29) is 18.4 Å². The van der Waals surface area contributed by atoms with E-state index >= 15 is 0 Å². The monoisotopic (exact) mass is 345 g/mol. The van der Waals surface area contributed by atoms with E-state index in [1.54, 1.807) is 0 Å². The molecule has 0 aliphatic carbocycles. The van der Waals surface area contributed by atoms with Gasteiger partial charge < -0.3 is 21.1 Å². The Kier molecular flexibility index (Phi) is 5.00. The molecule has 0 fully saturated rings. The molecule has 1 aliphatic heterocycles. The van der Waals surface area contributed by atoms with Gasteiger partial charge in [-0.25, -0.2) is 4.79 Å². The first-order chi connectivity index (χ1) is 11.6. The van der Waals surface area contributed by atoms with Gasteiger partial charge >= 0.3 is 6.03 Å². The second-order valence-corrected chi connectivity index (χ2v) is 6.62. The number of nitrogens with one attached hydrogen (secondary N) is 2. The fourth-order valence-corrected chi connectivity index (χ4v) is 3.51. The molecule has 0 saturated carbocycles. The van der Waals surface area contributed by atoms with E-state index in [4.69, 9.17) is 10.5 Å². The molecule has 4 N–H and O–H groups in total. The summed E-state index contributed by atoms with van der Waals surface area (Å²) in [7, 11) is 0. The van der Waals surface area contributed by atoms with Crippen molar-refractivity contribution < 1.29 is 14.3 Å². The second kappa shape index (κ2) is 7.35. The predicted octanol–water partition coefficient (Wildman–Crippen LogP) is 1.97. The highest BCUT2D eigenvalue weighted by atomic mass is 32.1. The zero-order valence-electron chi connectivity index (χ0n) is 13.0. The molecule has 0 bridgehead atoms. The van der Waals surface area contributed by atoms with Crippen LogP contribution in [0, 0.1) is 0 Å². The number of thiophene rings is 1. The normalized spacial score (nSPS) is 16.8. The number of urea groups is 1. The van der Waals surface area contributed by atoms with Crippen LogP contribution >= 0.6 is 11.3 Å². The number of carbonyl (C=O) groups excluding carboxylic acids is 2. The number of fused-ring (bicyclic) bond motifs is 1. The van der Waals surface area contributed by atoms with Crippen LogP contribution in [0.3, 0.4) is 0 Å². The number of benzene rings is 1. The summed E-state index contributed by atoms with van der Waals surface area (Å²) in [5.74, 6) is 0.727. The lowest BCUT2D eigenvalue weighted by atomic mass is 10.1. The van der Waals surface area contributed by atoms with Gasteiger partial charge in [-0.1, -0.05) is 24.3 Å². The van der Waals surface area contributed by atoms with Crippen LogP contribution in [-0.4, -0.2) is 24.6 Å². The minimum Gasteiger partial charge on any atom is -0.488 e. The number of para-hydroxylation sites is 1. The Labute approximate surface area is 144 Å². The Morgan fingerprint density at radius 2 is 2.12 bits per heavy atom. The second-order valence-electron chi connectivity index (χ2n) is 5.64. The van der Waals surface area contributed by atoms with Crippen LogP contribution in [0.4, 0.5) is 4.79 Å². The van der Waals surface area contributed by atoms with Crippen molar-refractivity contribution in [2.24, 2.45) is 5.73 Å². The van der Waals surface area contributed by atoms with Gasteiger partial charge in [0.1, 0.15) is 11.9 Å². The molecule has 3 rings (SSSR count). The summed E-state index contributed by atoms with van der Waals surface area (Å²) in [6, 6.07) is 10.6. The minimum absolute atomic E-state index is 0.0596. The first-order valence-electron chi connectivity index (χ1n) is 7.72. The topological polar surface area (TPSA) is 93.5 Å². The number of hydrogen-bond acceptors (Lipinski definition) is 4. The summed E-state index contributed by atoms with van der Waals surface area (Å²) in [5.41, 5.74) is 6.36. The molecule has 6 nitrogen and oxygen atoms in total. The maximum Gasteiger partial charge on any atom is 0.312 e. The van der Waals surface area contributed by atoms with Gasteiger partial charge in [-0.3, -0.25) is 4.79 Å². The van der Waals surface area contributed by atoms with Gasteiger partial charge in [-0.15, -0.1) is 11.3 Å². The molecule has 0 radical (unpaired) electrons. The van der Waals surface area contributed by atoms with Crippen molar-refractivity contribution in [3.05, 3.63) is 52.2 Å². The Morgan fingerprint density at radius 3 is 2.83 bits per heavy atom. The third-order valence-corrected chi connectivity index (χ3v) is 4.82. The van der Waals surface area contributed by atoms with Crippen LogP contribution in [0.25, 0.3) is 0 Å². The zero-order chi connectivity index (χ0) is 16.9. The summed E-state index contributed by atoms with van der Waals surface area (Å²) < 4.78 is 5.80. The first-order valence-corrected chi connectivity index (χ1v) is 8.60. The van der Waals surface area contributed by atoms with Crippen molar-refractivity contribution in [1.82, 2.24) is 10.6 Å². The lowest BCUT2D eigenvalue weighted by molar-refractivity contribution is -0.121. The molecular weight excluding hydrogens is 326 g/mol. The van der Waals surface area contributed by atoms with Crippen molar-refractivity contribution in [3.8, 4) is 5.75 Å². The van der Waals surface area contributed by atoms with Crippen LogP contribution in [-0.2, 0) is 11.2 Å². The standard InChI is InChI=1S/C17H19N3O3S/c18-17(22)20-13(15-6-3-7-24-15)9-16(21)19-10-12-8-11-4-1-2-5-14(11)23-12/h1-7,12-13H,8-10H2,(H,19,21)(H3,18,20,22)/t12-,13+/m0/s1.